The molecule has 0 spiro atoms. The minimum atomic E-state index is 1.05. The molecule has 64 heavy (non-hydrogen) atoms. The highest BCUT2D eigenvalue weighted by Gasteiger charge is 2.19. The number of hydrogen-bond donors (Lipinski definition) is 0. The number of fused-ring (bicyclic) bond motifs is 4. The number of hydrogen-bond acceptors (Lipinski definition) is 0. The fraction of sp³-hybridized carbons (Fsp3) is 0. The highest BCUT2D eigenvalue weighted by atomic mass is 14.2. The van der Waals surface area contributed by atoms with Crippen molar-refractivity contribution >= 4 is 43.1 Å². The van der Waals surface area contributed by atoms with Crippen LogP contribution in [0.3, 0.4) is 0 Å². The molecule has 0 aliphatic heterocycles. The largest absolute Gasteiger partial charge is 0.0622 e. The molecular formula is C64H40. The molecule has 0 bridgehead atoms. The Labute approximate surface area is 374 Å². The van der Waals surface area contributed by atoms with Crippen LogP contribution >= 0.6 is 0 Å². The Kier molecular flexibility index (Phi) is 9.18. The molecule has 0 saturated heterocycles. The fourth-order valence-electron chi connectivity index (χ4n) is 9.99. The minimum Gasteiger partial charge on any atom is -0.0622 e. The van der Waals surface area contributed by atoms with E-state index >= 15 is 0 Å². The molecule has 0 amide bonds. The first-order valence-corrected chi connectivity index (χ1v) is 22.0. The lowest BCUT2D eigenvalue weighted by Crippen LogP contribution is -1.92. The van der Waals surface area contributed by atoms with Crippen molar-refractivity contribution in [3.05, 3.63) is 255 Å². The van der Waals surface area contributed by atoms with Crippen molar-refractivity contribution in [2.75, 3.05) is 0 Å². The van der Waals surface area contributed by atoms with Gasteiger partial charge in [0.2, 0.25) is 0 Å². The SMILES string of the molecule is c1c(-c2cccc(-c3c4ccccc4c(-c4cccc(-c5cccc(-c6ccc7ccccc7c6-c6ccccc6)c5)c4)c4ccccc34)c2)c(-c2ccccc2)c2ccccc2c#1. The maximum Gasteiger partial charge on any atom is 0.0406 e. The first kappa shape index (κ1) is 37.3. The Morgan fingerprint density at radius 2 is 0.641 bits per heavy atom. The smallest absolute Gasteiger partial charge is 0.0406 e. The molecule has 0 aromatic heterocycles. The van der Waals surface area contributed by atoms with E-state index in [4.69, 9.17) is 0 Å². The van der Waals surface area contributed by atoms with Gasteiger partial charge in [-0.3, -0.25) is 0 Å². The molecule has 0 aliphatic rings. The van der Waals surface area contributed by atoms with Crippen molar-refractivity contribution in [3.63, 3.8) is 0 Å². The van der Waals surface area contributed by atoms with Crippen LogP contribution in [-0.4, -0.2) is 0 Å². The second-order valence-electron chi connectivity index (χ2n) is 16.6. The Hall–Kier alpha value is -8.50. The van der Waals surface area contributed by atoms with Gasteiger partial charge >= 0.3 is 0 Å². The lowest BCUT2D eigenvalue weighted by molar-refractivity contribution is 1.58. The number of rotatable bonds is 7. The summed E-state index contributed by atoms with van der Waals surface area (Å²) in [7, 11) is 0. The maximum atomic E-state index is 3.60. The quantitative estimate of drug-likeness (QED) is 0.141. The van der Waals surface area contributed by atoms with Gasteiger partial charge in [-0.05, 0) is 129 Å². The van der Waals surface area contributed by atoms with Crippen LogP contribution in [0.4, 0.5) is 0 Å². The molecular weight excluding hydrogens is 769 g/mol. The second kappa shape index (κ2) is 15.8. The molecule has 0 atom stereocenters. The van der Waals surface area contributed by atoms with Crippen LogP contribution in [0.25, 0.3) is 121 Å². The van der Waals surface area contributed by atoms with Gasteiger partial charge in [0, 0.05) is 16.5 Å². The Balaban J connectivity index is 1.00. The lowest BCUT2D eigenvalue weighted by atomic mass is 9.84. The highest BCUT2D eigenvalue weighted by molar-refractivity contribution is 6.21. The van der Waals surface area contributed by atoms with Gasteiger partial charge in [-0.15, -0.1) is 0 Å². The topological polar surface area (TPSA) is 0 Å². The van der Waals surface area contributed by atoms with Gasteiger partial charge < -0.3 is 0 Å². The minimum absolute atomic E-state index is 1.05. The third kappa shape index (κ3) is 6.42. The average Bonchev–Trinajstić information content (AvgIpc) is 3.37. The molecule has 12 rings (SSSR count). The highest BCUT2D eigenvalue weighted by Crippen LogP contribution is 2.46. The van der Waals surface area contributed by atoms with Gasteiger partial charge in [0.05, 0.1) is 0 Å². The fourth-order valence-corrected chi connectivity index (χ4v) is 9.99. The molecule has 0 nitrogen and oxygen atoms in total. The van der Waals surface area contributed by atoms with E-state index < -0.39 is 0 Å². The van der Waals surface area contributed by atoms with E-state index in [2.05, 4.69) is 255 Å². The standard InChI is InChI=1S/C64H40/c1-3-20-45(21-4-1)61-53-30-9-7-18-43(53)36-38-55(61)49-26-15-24-47(40-49)48-25-16-28-51(41-48)63-57-32-11-13-34-59(57)64(60-35-14-12-33-58(60)63)52-29-17-27-50(42-52)56-39-37-44-19-8-10-31-54(44)62(56)46-22-5-2-6-23-46/h1-36,38,40-42H. The van der Waals surface area contributed by atoms with Gasteiger partial charge in [0.25, 0.3) is 0 Å². The summed E-state index contributed by atoms with van der Waals surface area (Å²) >= 11 is 0. The first-order valence-electron chi connectivity index (χ1n) is 22.0. The summed E-state index contributed by atoms with van der Waals surface area (Å²) in [5, 5.41) is 9.64. The summed E-state index contributed by atoms with van der Waals surface area (Å²) in [5.41, 5.74) is 16.6. The van der Waals surface area contributed by atoms with E-state index in [1.165, 1.54) is 104 Å². The van der Waals surface area contributed by atoms with Crippen molar-refractivity contribution in [1.82, 2.24) is 0 Å². The summed E-state index contributed by atoms with van der Waals surface area (Å²) in [6.07, 6.45) is 0. The van der Waals surface area contributed by atoms with Gasteiger partial charge in [0.1, 0.15) is 0 Å². The van der Waals surface area contributed by atoms with Crippen LogP contribution < -0.4 is 0 Å². The summed E-state index contributed by atoms with van der Waals surface area (Å²) < 4.78 is 0. The normalized spacial score (nSPS) is 11.3. The molecule has 0 fully saturated rings. The average molecular weight is 809 g/mol. The van der Waals surface area contributed by atoms with E-state index in [0.29, 0.717) is 0 Å². The lowest BCUT2D eigenvalue weighted by Gasteiger charge is -2.19. The van der Waals surface area contributed by atoms with Crippen molar-refractivity contribution in [3.8, 4) is 77.9 Å². The molecule has 0 aliphatic carbocycles. The van der Waals surface area contributed by atoms with E-state index in [1.54, 1.807) is 0 Å². The second-order valence-corrected chi connectivity index (χ2v) is 16.6. The monoisotopic (exact) mass is 808 g/mol. The number of benzene rings is 11. The van der Waals surface area contributed by atoms with Crippen LogP contribution in [0.5, 0.6) is 0 Å². The van der Waals surface area contributed by atoms with E-state index in [9.17, 15) is 0 Å². The van der Waals surface area contributed by atoms with Crippen LogP contribution in [0, 0.1) is 12.1 Å². The Morgan fingerprint density at radius 1 is 0.219 bits per heavy atom. The summed E-state index contributed by atoms with van der Waals surface area (Å²) in [6, 6.07) is 95.4. The first-order chi connectivity index (χ1) is 31.8. The van der Waals surface area contributed by atoms with Gasteiger partial charge in [-0.25, -0.2) is 0 Å². The van der Waals surface area contributed by atoms with E-state index in [1.807, 2.05) is 0 Å². The molecule has 0 unspecified atom stereocenters. The van der Waals surface area contributed by atoms with Gasteiger partial charge in [-0.2, -0.15) is 0 Å². The van der Waals surface area contributed by atoms with Crippen LogP contribution in [0.15, 0.2) is 243 Å². The predicted octanol–water partition coefficient (Wildman–Crippen LogP) is 17.6. The molecule has 296 valence electrons. The molecule has 0 saturated carbocycles. The maximum absolute atomic E-state index is 3.60. The van der Waals surface area contributed by atoms with Crippen molar-refractivity contribution in [2.45, 2.75) is 0 Å². The predicted molar refractivity (Wildman–Crippen MR) is 272 cm³/mol. The summed E-state index contributed by atoms with van der Waals surface area (Å²) in [5.74, 6) is 0. The van der Waals surface area contributed by atoms with Gasteiger partial charge in [0.15, 0.2) is 0 Å². The van der Waals surface area contributed by atoms with Crippen LogP contribution in [-0.2, 0) is 0 Å². The summed E-state index contributed by atoms with van der Waals surface area (Å²) in [6.45, 7) is 0. The molecule has 12 aromatic carbocycles. The van der Waals surface area contributed by atoms with Crippen LogP contribution in [0.1, 0.15) is 0 Å². The van der Waals surface area contributed by atoms with Crippen molar-refractivity contribution in [1.29, 1.82) is 0 Å². The molecule has 12 aromatic rings. The zero-order valence-corrected chi connectivity index (χ0v) is 35.1. The van der Waals surface area contributed by atoms with E-state index in [0.717, 1.165) is 16.5 Å². The van der Waals surface area contributed by atoms with Crippen molar-refractivity contribution in [2.24, 2.45) is 0 Å². The zero-order chi connectivity index (χ0) is 42.4. The Bertz CT molecular complexity index is 3650. The van der Waals surface area contributed by atoms with Gasteiger partial charge in [-0.1, -0.05) is 231 Å². The van der Waals surface area contributed by atoms with E-state index in [-0.39, 0.29) is 0 Å². The van der Waals surface area contributed by atoms with Crippen LogP contribution in [0.2, 0.25) is 0 Å². The third-order valence-corrected chi connectivity index (χ3v) is 12.9. The molecule has 0 heterocycles. The molecule has 0 radical (unpaired) electrons. The molecule has 0 heteroatoms. The van der Waals surface area contributed by atoms with Crippen molar-refractivity contribution < 1.29 is 0 Å². The summed E-state index contributed by atoms with van der Waals surface area (Å²) in [4.78, 5) is 0. The molecule has 0 N–H and O–H groups in total. The Morgan fingerprint density at radius 3 is 1.25 bits per heavy atom. The third-order valence-electron chi connectivity index (χ3n) is 12.9. The zero-order valence-electron chi connectivity index (χ0n) is 35.1.